The molecule has 1 heterocycles. The van der Waals surface area contributed by atoms with Gasteiger partial charge in [0.05, 0.1) is 13.2 Å². The number of esters is 2. The van der Waals surface area contributed by atoms with Crippen LogP contribution in [-0.4, -0.2) is 89.0 Å². The van der Waals surface area contributed by atoms with Gasteiger partial charge >= 0.3 is 11.9 Å². The number of rotatable bonds is 33. The minimum atomic E-state index is -1.62. The van der Waals surface area contributed by atoms with Crippen molar-refractivity contribution >= 4 is 11.9 Å². The number of allylic oxidation sites excluding steroid dienone is 11. The summed E-state index contributed by atoms with van der Waals surface area (Å²) in [5.74, 6) is -1.13. The van der Waals surface area contributed by atoms with E-state index in [0.717, 1.165) is 25.7 Å². The summed E-state index contributed by atoms with van der Waals surface area (Å²) in [4.78, 5) is 25.1. The minimum Gasteiger partial charge on any atom is -0.458 e. The maximum Gasteiger partial charge on any atom is 0.330 e. The summed E-state index contributed by atoms with van der Waals surface area (Å²) in [5, 5.41) is 39.9. The predicted octanol–water partition coefficient (Wildman–Crippen LogP) is 8.44. The molecule has 0 aliphatic carbocycles. The molecule has 0 aromatic heterocycles. The van der Waals surface area contributed by atoms with Crippen LogP contribution >= 0.6 is 0 Å². The van der Waals surface area contributed by atoms with Gasteiger partial charge in [-0.1, -0.05) is 183 Å². The minimum absolute atomic E-state index is 0.196. The van der Waals surface area contributed by atoms with Gasteiger partial charge < -0.3 is 39.4 Å². The summed E-state index contributed by atoms with van der Waals surface area (Å²) >= 11 is 0. The molecule has 10 nitrogen and oxygen atoms in total. The smallest absolute Gasteiger partial charge is 0.330 e. The second-order valence-corrected chi connectivity index (χ2v) is 14.3. The molecule has 4 N–H and O–H groups in total. The van der Waals surface area contributed by atoms with Gasteiger partial charge in [0.25, 0.3) is 0 Å². The van der Waals surface area contributed by atoms with E-state index in [1.165, 1.54) is 102 Å². The molecule has 0 amide bonds. The maximum atomic E-state index is 12.7. The monoisotopic (exact) mass is 775 g/mol. The molecule has 1 saturated heterocycles. The number of carbonyl (C=O) groups excluding carboxylic acids is 2. The number of ether oxygens (including phenoxy) is 4. The lowest BCUT2D eigenvalue weighted by Gasteiger charge is -2.39. The first-order valence-electron chi connectivity index (χ1n) is 21.1. The molecule has 0 aromatic rings. The van der Waals surface area contributed by atoms with Crippen molar-refractivity contribution in [3.05, 3.63) is 72.9 Å². The number of hydrogen-bond acceptors (Lipinski definition) is 10. The molecule has 0 spiro atoms. The fraction of sp³-hybridized carbons (Fsp3) is 0.689. The van der Waals surface area contributed by atoms with Crippen LogP contribution in [0.5, 0.6) is 0 Å². The average molecular weight is 775 g/mol. The summed E-state index contributed by atoms with van der Waals surface area (Å²) in [7, 11) is 0. The molecule has 314 valence electrons. The Balaban J connectivity index is 2.48. The van der Waals surface area contributed by atoms with Crippen molar-refractivity contribution in [1.82, 2.24) is 0 Å². The van der Waals surface area contributed by atoms with E-state index in [1.54, 1.807) is 12.2 Å². The Labute approximate surface area is 332 Å². The molecule has 0 saturated carbocycles. The van der Waals surface area contributed by atoms with E-state index >= 15 is 0 Å². The summed E-state index contributed by atoms with van der Waals surface area (Å²) < 4.78 is 21.8. The summed E-state index contributed by atoms with van der Waals surface area (Å²) in [6.45, 7) is 3.21. The number of aliphatic hydroxyl groups is 4. The Bertz CT molecular complexity index is 1120. The first-order valence-corrected chi connectivity index (χ1v) is 21.1. The highest BCUT2D eigenvalue weighted by atomic mass is 16.7. The van der Waals surface area contributed by atoms with Gasteiger partial charge in [0.2, 0.25) is 0 Å². The van der Waals surface area contributed by atoms with Crippen molar-refractivity contribution in [3.63, 3.8) is 0 Å². The van der Waals surface area contributed by atoms with Crippen LogP contribution in [0.4, 0.5) is 0 Å². The number of carbonyl (C=O) groups is 2. The highest BCUT2D eigenvalue weighted by molar-refractivity contribution is 5.82. The third-order valence-electron chi connectivity index (χ3n) is 9.33. The van der Waals surface area contributed by atoms with E-state index in [2.05, 4.69) is 26.0 Å². The first kappa shape index (κ1) is 50.2. The van der Waals surface area contributed by atoms with Crippen LogP contribution in [0.25, 0.3) is 0 Å². The van der Waals surface area contributed by atoms with Crippen molar-refractivity contribution in [1.29, 1.82) is 0 Å². The Morgan fingerprint density at radius 1 is 0.600 bits per heavy atom. The average Bonchev–Trinajstić information content (AvgIpc) is 3.18. The lowest BCUT2D eigenvalue weighted by Crippen LogP contribution is -2.59. The molecule has 6 atom stereocenters. The van der Waals surface area contributed by atoms with E-state index in [9.17, 15) is 30.0 Å². The first-order chi connectivity index (χ1) is 26.8. The van der Waals surface area contributed by atoms with Crippen LogP contribution in [0.2, 0.25) is 0 Å². The Morgan fingerprint density at radius 3 is 1.64 bits per heavy atom. The van der Waals surface area contributed by atoms with Gasteiger partial charge in [-0.05, 0) is 19.3 Å². The van der Waals surface area contributed by atoms with Crippen LogP contribution in [0.1, 0.15) is 142 Å². The molecular weight excluding hydrogens is 700 g/mol. The van der Waals surface area contributed by atoms with Gasteiger partial charge in [0, 0.05) is 12.5 Å². The molecule has 1 aliphatic heterocycles. The van der Waals surface area contributed by atoms with Gasteiger partial charge in [0.15, 0.2) is 12.4 Å². The SMILES string of the molecule is CCCCCCCCC/C=C/C=C/C=C/C=C/C=C/C=C/C(=O)OC[C@H](CO[C@@H]1O[C@H](CO)[C@H](O)[C@H](O)[C@H]1O)OC(=O)CCCCCCCCCCCCC. The Hall–Kier alpha value is -2.86. The predicted molar refractivity (Wildman–Crippen MR) is 219 cm³/mol. The summed E-state index contributed by atoms with van der Waals surface area (Å²) in [5.41, 5.74) is 0. The van der Waals surface area contributed by atoms with Gasteiger partial charge in [0.1, 0.15) is 31.0 Å². The Kier molecular flexibility index (Phi) is 32.4. The number of unbranched alkanes of at least 4 members (excludes halogenated alkanes) is 17. The van der Waals surface area contributed by atoms with Crippen LogP contribution in [0, 0.1) is 0 Å². The van der Waals surface area contributed by atoms with Gasteiger partial charge in [-0.3, -0.25) is 4.79 Å². The third-order valence-corrected chi connectivity index (χ3v) is 9.33. The van der Waals surface area contributed by atoms with E-state index in [4.69, 9.17) is 18.9 Å². The van der Waals surface area contributed by atoms with Gasteiger partial charge in [-0.2, -0.15) is 0 Å². The van der Waals surface area contributed by atoms with Crippen molar-refractivity contribution in [3.8, 4) is 0 Å². The van der Waals surface area contributed by atoms with Crippen molar-refractivity contribution in [2.24, 2.45) is 0 Å². The molecule has 0 radical (unpaired) electrons. The van der Waals surface area contributed by atoms with Crippen LogP contribution in [-0.2, 0) is 28.5 Å². The lowest BCUT2D eigenvalue weighted by atomic mass is 9.99. The second-order valence-electron chi connectivity index (χ2n) is 14.3. The molecule has 0 aromatic carbocycles. The maximum absolute atomic E-state index is 12.7. The fourth-order valence-corrected chi connectivity index (χ4v) is 5.97. The standard InChI is InChI=1S/C45H74O10/c1-3-5-7-9-11-13-15-16-17-18-19-20-21-22-24-25-27-29-31-33-40(47)52-36-38(37-53-45-44(51)43(50)42(49)39(35-46)55-45)54-41(48)34-32-30-28-26-23-14-12-10-8-6-4-2/h17-22,24-25,27,29,31,33,38-39,42-46,49-51H,3-16,23,26,28,30,32,34-37H2,1-2H3/b18-17+,20-19+,22-21+,25-24+,29-27+,33-31+/t38-,39-,42+,43+,44-,45-/m1/s1. The zero-order chi connectivity index (χ0) is 40.2. The zero-order valence-electron chi connectivity index (χ0n) is 33.9. The molecule has 10 heteroatoms. The van der Waals surface area contributed by atoms with Crippen LogP contribution in [0.3, 0.4) is 0 Å². The van der Waals surface area contributed by atoms with E-state index in [-0.39, 0.29) is 19.6 Å². The van der Waals surface area contributed by atoms with E-state index in [1.807, 2.05) is 36.5 Å². The molecule has 55 heavy (non-hydrogen) atoms. The molecule has 0 bridgehead atoms. The molecule has 1 rings (SSSR count). The van der Waals surface area contributed by atoms with Crippen molar-refractivity contribution in [2.45, 2.75) is 179 Å². The molecule has 0 unspecified atom stereocenters. The fourth-order valence-electron chi connectivity index (χ4n) is 5.97. The third kappa shape index (κ3) is 27.4. The topological polar surface area (TPSA) is 152 Å². The van der Waals surface area contributed by atoms with Crippen LogP contribution < -0.4 is 0 Å². The van der Waals surface area contributed by atoms with Gasteiger partial charge in [-0.25, -0.2) is 4.79 Å². The normalized spacial score (nSPS) is 21.3. The highest BCUT2D eigenvalue weighted by Gasteiger charge is 2.44. The van der Waals surface area contributed by atoms with Crippen LogP contribution in [0.15, 0.2) is 72.9 Å². The van der Waals surface area contributed by atoms with E-state index < -0.39 is 55.4 Å². The highest BCUT2D eigenvalue weighted by Crippen LogP contribution is 2.22. The lowest BCUT2D eigenvalue weighted by molar-refractivity contribution is -0.305. The molecule has 1 aliphatic rings. The van der Waals surface area contributed by atoms with Crippen molar-refractivity contribution in [2.75, 3.05) is 19.8 Å². The quantitative estimate of drug-likeness (QED) is 0.0221. The van der Waals surface area contributed by atoms with E-state index in [0.29, 0.717) is 6.42 Å². The number of hydrogen-bond donors (Lipinski definition) is 4. The zero-order valence-corrected chi connectivity index (χ0v) is 33.9. The summed E-state index contributed by atoms with van der Waals surface area (Å²) in [6, 6.07) is 0. The Morgan fingerprint density at radius 2 is 1.09 bits per heavy atom. The molecular formula is C45H74O10. The largest absolute Gasteiger partial charge is 0.458 e. The molecule has 1 fully saturated rings. The second kappa shape index (κ2) is 35.5. The summed E-state index contributed by atoms with van der Waals surface area (Å²) in [6.07, 6.45) is 36.9. The van der Waals surface area contributed by atoms with Crippen molar-refractivity contribution < 1.29 is 49.0 Å². The number of aliphatic hydroxyl groups excluding tert-OH is 4. The van der Waals surface area contributed by atoms with Gasteiger partial charge in [-0.15, -0.1) is 0 Å².